The highest BCUT2D eigenvalue weighted by atomic mass is 32.3. The van der Waals surface area contributed by atoms with Gasteiger partial charge < -0.3 is 18.6 Å². The minimum absolute atomic E-state index is 0.0858. The minimum Gasteiger partial charge on any atom is -0.358 e. The summed E-state index contributed by atoms with van der Waals surface area (Å²) in [5.41, 5.74) is 5.05. The van der Waals surface area contributed by atoms with Crippen molar-refractivity contribution in [2.75, 3.05) is 20.1 Å². The lowest BCUT2D eigenvalue weighted by molar-refractivity contribution is 0.226. The van der Waals surface area contributed by atoms with E-state index in [4.69, 9.17) is 0 Å². The van der Waals surface area contributed by atoms with Crippen LogP contribution in [0.15, 0.2) is 59.4 Å². The number of hydrogen-bond acceptors (Lipinski definition) is 6. The van der Waals surface area contributed by atoms with E-state index in [1.54, 1.807) is 18.2 Å². The second-order valence-corrected chi connectivity index (χ2v) is 12.5. The number of likely N-dealkylation sites (tertiary alicyclic amines) is 1. The zero-order valence-electron chi connectivity index (χ0n) is 23.6. The lowest BCUT2D eigenvalue weighted by Crippen LogP contribution is -2.32. The smallest absolute Gasteiger partial charge is 0.358 e. The van der Waals surface area contributed by atoms with Crippen molar-refractivity contribution in [2.24, 2.45) is 5.92 Å². The van der Waals surface area contributed by atoms with Crippen molar-refractivity contribution < 1.29 is 16.5 Å². The molecular weight excluding hydrogens is 555 g/mol. The van der Waals surface area contributed by atoms with Gasteiger partial charge in [0.05, 0.1) is 22.5 Å². The normalized spacial score (nSPS) is 15.1. The average Bonchev–Trinajstić information content (AvgIpc) is 3.31. The first-order valence-electron chi connectivity index (χ1n) is 14.0. The molecule has 2 aromatic heterocycles. The number of benzene rings is 3. The van der Waals surface area contributed by atoms with E-state index >= 15 is 0 Å². The summed E-state index contributed by atoms with van der Waals surface area (Å²) in [5.74, 6) is 0.141. The van der Waals surface area contributed by atoms with E-state index in [2.05, 4.69) is 45.6 Å². The van der Waals surface area contributed by atoms with Crippen LogP contribution in [-0.2, 0) is 16.9 Å². The van der Waals surface area contributed by atoms with Gasteiger partial charge >= 0.3 is 10.5 Å². The van der Waals surface area contributed by atoms with E-state index < -0.39 is 10.5 Å². The highest BCUT2D eigenvalue weighted by molar-refractivity contribution is 7.81. The molecule has 0 amide bonds. The number of pyridine rings is 1. The van der Waals surface area contributed by atoms with E-state index in [1.807, 2.05) is 24.3 Å². The first-order chi connectivity index (χ1) is 20.0. The molecule has 8 nitrogen and oxygen atoms in total. The first kappa shape index (κ1) is 27.9. The van der Waals surface area contributed by atoms with Crippen LogP contribution in [0.4, 0.5) is 3.89 Å². The van der Waals surface area contributed by atoms with Gasteiger partial charge in [0.2, 0.25) is 0 Å². The molecule has 0 spiro atoms. The molecule has 1 N–H and O–H groups in total. The van der Waals surface area contributed by atoms with Crippen LogP contribution >= 0.6 is 0 Å². The van der Waals surface area contributed by atoms with Gasteiger partial charge in [-0.15, -0.1) is 0 Å². The van der Waals surface area contributed by atoms with E-state index in [9.17, 15) is 22.4 Å². The van der Waals surface area contributed by atoms with Crippen LogP contribution in [0, 0.1) is 17.2 Å². The maximum atomic E-state index is 14.3. The van der Waals surface area contributed by atoms with Gasteiger partial charge in [0, 0.05) is 22.3 Å². The summed E-state index contributed by atoms with van der Waals surface area (Å²) in [6.07, 6.45) is 2.45. The molecule has 3 heterocycles. The number of H-pyrrole nitrogens is 1. The van der Waals surface area contributed by atoms with Crippen molar-refractivity contribution in [1.82, 2.24) is 14.5 Å². The maximum absolute atomic E-state index is 14.3. The Balaban J connectivity index is 1.70. The molecule has 0 bridgehead atoms. The number of nitriles is 1. The Morgan fingerprint density at radius 2 is 1.86 bits per heavy atom. The molecular formula is C32H31FN4O4S. The summed E-state index contributed by atoms with van der Waals surface area (Å²) in [5, 5.41) is 11.5. The van der Waals surface area contributed by atoms with Gasteiger partial charge in [-0.25, -0.2) is 0 Å². The lowest BCUT2D eigenvalue weighted by atomic mass is 9.91. The maximum Gasteiger partial charge on any atom is 0.488 e. The number of aromatic amines is 1. The summed E-state index contributed by atoms with van der Waals surface area (Å²) < 4.78 is 42.6. The van der Waals surface area contributed by atoms with Crippen LogP contribution in [0.5, 0.6) is 5.75 Å². The van der Waals surface area contributed by atoms with Crippen molar-refractivity contribution >= 4 is 43.3 Å². The van der Waals surface area contributed by atoms with E-state index in [0.29, 0.717) is 28.3 Å². The van der Waals surface area contributed by atoms with Crippen LogP contribution < -0.4 is 9.61 Å². The molecule has 1 aliphatic rings. The predicted octanol–water partition coefficient (Wildman–Crippen LogP) is 6.23. The Labute approximate surface area is 243 Å². The lowest BCUT2D eigenvalue weighted by Gasteiger charge is -2.32. The average molecular weight is 587 g/mol. The standard InChI is InChI=1S/C32H31FN4O4S/c1-19(2)13-22-16-27-29(17-26(22)21-5-4-6-24(15-21)41-42(33,39)40)37(23-9-11-36(3)12-10-23)32-30(31(27)38)25-8-7-20(18-34)14-28(25)35-32/h4-8,14-17,19,23,35H,9-13H2,1-3H3. The molecule has 5 aromatic rings. The number of piperidine rings is 1. The molecule has 216 valence electrons. The Hall–Kier alpha value is -4.20. The van der Waals surface area contributed by atoms with Gasteiger partial charge in [0.1, 0.15) is 11.4 Å². The van der Waals surface area contributed by atoms with Gasteiger partial charge in [0.15, 0.2) is 5.43 Å². The van der Waals surface area contributed by atoms with Gasteiger partial charge in [-0.2, -0.15) is 13.7 Å². The molecule has 0 saturated carbocycles. The molecule has 0 unspecified atom stereocenters. The summed E-state index contributed by atoms with van der Waals surface area (Å²) in [6, 6.07) is 18.0. The number of nitrogens with zero attached hydrogens (tertiary/aromatic N) is 3. The number of fused-ring (bicyclic) bond motifs is 4. The first-order valence-corrected chi connectivity index (χ1v) is 15.3. The van der Waals surface area contributed by atoms with Crippen LogP contribution in [0.3, 0.4) is 0 Å². The van der Waals surface area contributed by atoms with Crippen molar-refractivity contribution in [3.63, 3.8) is 0 Å². The SMILES string of the molecule is CC(C)Cc1cc2c(=O)c3c4ccc(C#N)cc4[nH]c3n(C3CCN(C)CC3)c2cc1-c1cccc(OS(=O)(=O)F)c1. The molecule has 10 heteroatoms. The molecule has 1 aliphatic heterocycles. The summed E-state index contributed by atoms with van der Waals surface area (Å²) in [6.45, 7) is 6.01. The third-order valence-corrected chi connectivity index (χ3v) is 8.52. The Morgan fingerprint density at radius 3 is 2.55 bits per heavy atom. The second kappa shape index (κ2) is 10.6. The molecule has 6 rings (SSSR count). The summed E-state index contributed by atoms with van der Waals surface area (Å²) in [4.78, 5) is 20.0. The molecule has 0 atom stereocenters. The highest BCUT2D eigenvalue weighted by Gasteiger charge is 2.26. The predicted molar refractivity (Wildman–Crippen MR) is 163 cm³/mol. The van der Waals surface area contributed by atoms with E-state index in [-0.39, 0.29) is 23.1 Å². The zero-order chi connectivity index (χ0) is 29.8. The third kappa shape index (κ3) is 5.14. The van der Waals surface area contributed by atoms with Crippen LogP contribution in [0.1, 0.15) is 43.9 Å². The topological polar surface area (TPSA) is 108 Å². The highest BCUT2D eigenvalue weighted by Crippen LogP contribution is 2.37. The van der Waals surface area contributed by atoms with Crippen molar-refractivity contribution in [3.8, 4) is 22.9 Å². The number of nitrogens with one attached hydrogen (secondary N) is 1. The Bertz CT molecular complexity index is 2070. The van der Waals surface area contributed by atoms with Crippen LogP contribution in [0.2, 0.25) is 0 Å². The van der Waals surface area contributed by atoms with E-state index in [1.165, 1.54) is 12.1 Å². The Kier molecular flexibility index (Phi) is 7.03. The summed E-state index contributed by atoms with van der Waals surface area (Å²) in [7, 11) is -3.09. The van der Waals surface area contributed by atoms with Crippen LogP contribution in [0.25, 0.3) is 44.0 Å². The molecule has 0 radical (unpaired) electrons. The largest absolute Gasteiger partial charge is 0.488 e. The number of aromatic nitrogens is 2. The Morgan fingerprint density at radius 1 is 1.10 bits per heavy atom. The van der Waals surface area contributed by atoms with Gasteiger partial charge in [0.25, 0.3) is 0 Å². The van der Waals surface area contributed by atoms with Crippen LogP contribution in [-0.4, -0.2) is 43.0 Å². The zero-order valence-corrected chi connectivity index (χ0v) is 24.5. The quantitative estimate of drug-likeness (QED) is 0.236. The minimum atomic E-state index is -5.19. The van der Waals surface area contributed by atoms with Crippen molar-refractivity contribution in [1.29, 1.82) is 5.26 Å². The molecule has 1 saturated heterocycles. The van der Waals surface area contributed by atoms with Gasteiger partial charge in [-0.05, 0) is 98.4 Å². The summed E-state index contributed by atoms with van der Waals surface area (Å²) >= 11 is 0. The molecule has 42 heavy (non-hydrogen) atoms. The van der Waals surface area contributed by atoms with Gasteiger partial charge in [-0.1, -0.05) is 35.9 Å². The fourth-order valence-electron chi connectivity index (χ4n) is 6.27. The second-order valence-electron chi connectivity index (χ2n) is 11.6. The molecule has 3 aromatic carbocycles. The van der Waals surface area contributed by atoms with Gasteiger partial charge in [-0.3, -0.25) is 4.79 Å². The fourth-order valence-corrected chi connectivity index (χ4v) is 6.61. The monoisotopic (exact) mass is 586 g/mol. The molecule has 0 aliphatic carbocycles. The molecule has 1 fully saturated rings. The van der Waals surface area contributed by atoms with Crippen molar-refractivity contribution in [3.05, 3.63) is 75.9 Å². The van der Waals surface area contributed by atoms with E-state index in [0.717, 1.165) is 59.1 Å². The number of halogens is 1. The third-order valence-electron chi connectivity index (χ3n) is 8.12. The number of rotatable bonds is 6. The fraction of sp³-hybridized carbons (Fsp3) is 0.312. The number of hydrogen-bond donors (Lipinski definition) is 1. The van der Waals surface area contributed by atoms with Crippen molar-refractivity contribution in [2.45, 2.75) is 39.2 Å².